The Morgan fingerprint density at radius 3 is 1.45 bits per heavy atom. The van der Waals surface area contributed by atoms with Crippen molar-refractivity contribution in [2.45, 2.75) is 39.8 Å². The first-order chi connectivity index (χ1) is 5.13. The summed E-state index contributed by atoms with van der Waals surface area (Å²) in [7, 11) is 0. The molecule has 0 saturated carbocycles. The largest absolute Gasteiger partial charge is 0.302 e. The van der Waals surface area contributed by atoms with Crippen LogP contribution < -0.4 is 16.0 Å². The van der Waals surface area contributed by atoms with Crippen molar-refractivity contribution in [1.82, 2.24) is 16.0 Å². The van der Waals surface area contributed by atoms with Gasteiger partial charge in [-0.3, -0.25) is 5.32 Å². The highest BCUT2D eigenvalue weighted by molar-refractivity contribution is 4.53. The van der Waals surface area contributed by atoms with Crippen molar-refractivity contribution < 1.29 is 0 Å². The molecule has 68 valence electrons. The first-order valence-electron chi connectivity index (χ1n) is 4.30. The Morgan fingerprint density at radius 1 is 0.818 bits per heavy atom. The molecule has 0 spiro atoms. The van der Waals surface area contributed by atoms with E-state index in [-0.39, 0.29) is 0 Å². The van der Waals surface area contributed by atoms with E-state index in [1.54, 1.807) is 0 Å². The van der Waals surface area contributed by atoms with Crippen LogP contribution in [-0.4, -0.2) is 25.4 Å². The lowest BCUT2D eigenvalue weighted by atomic mass is 10.4. The van der Waals surface area contributed by atoms with Crippen LogP contribution in [0.4, 0.5) is 0 Å². The van der Waals surface area contributed by atoms with Gasteiger partial charge in [0.05, 0.1) is 0 Å². The molecule has 0 aliphatic rings. The molecule has 0 aliphatic heterocycles. The van der Waals surface area contributed by atoms with Crippen molar-refractivity contribution in [2.75, 3.05) is 13.3 Å². The fraction of sp³-hybridized carbons (Fsp3) is 1.00. The second-order valence-corrected chi connectivity index (χ2v) is 3.32. The molecular weight excluding hydrogens is 138 g/mol. The van der Waals surface area contributed by atoms with E-state index in [9.17, 15) is 0 Å². The lowest BCUT2D eigenvalue weighted by molar-refractivity contribution is 0.477. The number of hydrogen-bond donors (Lipinski definition) is 3. The van der Waals surface area contributed by atoms with Crippen LogP contribution in [0.5, 0.6) is 0 Å². The van der Waals surface area contributed by atoms with Crippen molar-refractivity contribution in [3.05, 3.63) is 0 Å². The summed E-state index contributed by atoms with van der Waals surface area (Å²) < 4.78 is 0. The summed E-state index contributed by atoms with van der Waals surface area (Å²) >= 11 is 0. The van der Waals surface area contributed by atoms with Crippen molar-refractivity contribution >= 4 is 0 Å². The Kier molecular flexibility index (Phi) is 6.51. The van der Waals surface area contributed by atoms with E-state index in [1.165, 1.54) is 0 Å². The molecule has 0 atom stereocenters. The fourth-order valence-corrected chi connectivity index (χ4v) is 0.615. The summed E-state index contributed by atoms with van der Waals surface area (Å²) in [4.78, 5) is 0. The summed E-state index contributed by atoms with van der Waals surface area (Å²) in [5.74, 6) is 0. The summed E-state index contributed by atoms with van der Waals surface area (Å²) in [5.41, 5.74) is 0. The quantitative estimate of drug-likeness (QED) is 0.390. The Bertz CT molecular complexity index is 71.4. The normalized spacial score (nSPS) is 11.5. The second-order valence-electron chi connectivity index (χ2n) is 3.32. The molecule has 11 heavy (non-hydrogen) atoms. The third-order valence-corrected chi connectivity index (χ3v) is 1.27. The number of nitrogens with one attached hydrogen (secondary N) is 3. The van der Waals surface area contributed by atoms with Crippen LogP contribution in [-0.2, 0) is 0 Å². The van der Waals surface area contributed by atoms with E-state index < -0.39 is 0 Å². The van der Waals surface area contributed by atoms with E-state index in [0.717, 1.165) is 13.3 Å². The van der Waals surface area contributed by atoms with Gasteiger partial charge in [-0.05, 0) is 27.7 Å². The predicted molar refractivity (Wildman–Crippen MR) is 49.4 cm³/mol. The van der Waals surface area contributed by atoms with Crippen LogP contribution in [0.1, 0.15) is 27.7 Å². The van der Waals surface area contributed by atoms with Crippen molar-refractivity contribution in [1.29, 1.82) is 0 Å². The Morgan fingerprint density at radius 2 is 1.18 bits per heavy atom. The van der Waals surface area contributed by atoms with Crippen LogP contribution in [0.3, 0.4) is 0 Å². The first-order valence-corrected chi connectivity index (χ1v) is 4.30. The van der Waals surface area contributed by atoms with Gasteiger partial charge in [0.15, 0.2) is 0 Å². The number of rotatable bonds is 6. The highest BCUT2D eigenvalue weighted by Crippen LogP contribution is 1.73. The average molecular weight is 159 g/mol. The van der Waals surface area contributed by atoms with Gasteiger partial charge < -0.3 is 10.6 Å². The third-order valence-electron chi connectivity index (χ3n) is 1.27. The fourth-order valence-electron chi connectivity index (χ4n) is 0.615. The monoisotopic (exact) mass is 159 g/mol. The van der Waals surface area contributed by atoms with E-state index in [2.05, 4.69) is 43.6 Å². The maximum atomic E-state index is 3.27. The highest BCUT2D eigenvalue weighted by atomic mass is 15.1. The van der Waals surface area contributed by atoms with Gasteiger partial charge in [0.2, 0.25) is 0 Å². The topological polar surface area (TPSA) is 36.1 Å². The van der Waals surface area contributed by atoms with Crippen molar-refractivity contribution in [2.24, 2.45) is 0 Å². The molecule has 3 nitrogen and oxygen atoms in total. The molecule has 0 fully saturated rings. The van der Waals surface area contributed by atoms with Crippen LogP contribution in [0.2, 0.25) is 0 Å². The highest BCUT2D eigenvalue weighted by Gasteiger charge is 1.91. The van der Waals surface area contributed by atoms with Gasteiger partial charge >= 0.3 is 0 Å². The van der Waals surface area contributed by atoms with Crippen LogP contribution in [0, 0.1) is 0 Å². The minimum Gasteiger partial charge on any atom is -0.302 e. The zero-order chi connectivity index (χ0) is 8.69. The maximum Gasteiger partial charge on any atom is 0.0466 e. The molecule has 0 bridgehead atoms. The molecule has 0 saturated heterocycles. The van der Waals surface area contributed by atoms with Crippen LogP contribution >= 0.6 is 0 Å². The number of hydrogen-bond acceptors (Lipinski definition) is 3. The SMILES string of the molecule is CC(C)NCNCNC(C)C. The summed E-state index contributed by atoms with van der Waals surface area (Å²) in [6.45, 7) is 10.3. The second kappa shape index (κ2) is 6.58. The molecule has 0 rings (SSSR count). The smallest absolute Gasteiger partial charge is 0.0466 e. The zero-order valence-electron chi connectivity index (χ0n) is 8.07. The molecule has 3 N–H and O–H groups in total. The molecule has 0 aromatic heterocycles. The lowest BCUT2D eigenvalue weighted by Gasteiger charge is -2.11. The van der Waals surface area contributed by atoms with Gasteiger partial charge in [-0.25, -0.2) is 0 Å². The Labute approximate surface area is 69.9 Å². The first kappa shape index (κ1) is 10.9. The van der Waals surface area contributed by atoms with Gasteiger partial charge in [-0.1, -0.05) is 0 Å². The summed E-state index contributed by atoms with van der Waals surface area (Å²) in [6.07, 6.45) is 0. The maximum absolute atomic E-state index is 3.27. The Hall–Kier alpha value is -0.120. The van der Waals surface area contributed by atoms with Gasteiger partial charge in [-0.2, -0.15) is 0 Å². The molecule has 0 aromatic rings. The molecule has 0 amide bonds. The van der Waals surface area contributed by atoms with E-state index in [4.69, 9.17) is 0 Å². The summed E-state index contributed by atoms with van der Waals surface area (Å²) in [6, 6.07) is 1.11. The van der Waals surface area contributed by atoms with Gasteiger partial charge in [-0.15, -0.1) is 0 Å². The van der Waals surface area contributed by atoms with Gasteiger partial charge in [0, 0.05) is 25.4 Å². The van der Waals surface area contributed by atoms with E-state index >= 15 is 0 Å². The molecule has 0 aromatic carbocycles. The van der Waals surface area contributed by atoms with Gasteiger partial charge in [0.1, 0.15) is 0 Å². The molecule has 0 aliphatic carbocycles. The zero-order valence-corrected chi connectivity index (χ0v) is 8.07. The van der Waals surface area contributed by atoms with Crippen molar-refractivity contribution in [3.8, 4) is 0 Å². The van der Waals surface area contributed by atoms with E-state index in [0.29, 0.717) is 12.1 Å². The minimum atomic E-state index is 0.557. The lowest BCUT2D eigenvalue weighted by Crippen LogP contribution is -2.40. The standard InChI is InChI=1S/C8H21N3/c1-7(2)10-5-9-6-11-8(3)4/h7-11H,5-6H2,1-4H3. The minimum absolute atomic E-state index is 0.557. The molecule has 0 heterocycles. The summed E-state index contributed by atoms with van der Waals surface area (Å²) in [5, 5.41) is 9.76. The Balaban J connectivity index is 2.91. The molecule has 3 heteroatoms. The predicted octanol–water partition coefficient (Wildman–Crippen LogP) is 0.487. The molecule has 0 unspecified atom stereocenters. The van der Waals surface area contributed by atoms with E-state index in [1.807, 2.05) is 0 Å². The third kappa shape index (κ3) is 9.88. The van der Waals surface area contributed by atoms with Gasteiger partial charge in [0.25, 0.3) is 0 Å². The van der Waals surface area contributed by atoms with Crippen LogP contribution in [0.15, 0.2) is 0 Å². The molecule has 0 radical (unpaired) electrons. The average Bonchev–Trinajstić information content (AvgIpc) is 1.85. The molecular formula is C8H21N3. The van der Waals surface area contributed by atoms with Crippen molar-refractivity contribution in [3.63, 3.8) is 0 Å². The van der Waals surface area contributed by atoms with Crippen LogP contribution in [0.25, 0.3) is 0 Å².